The molecule has 0 spiro atoms. The minimum atomic E-state index is -5.64. The number of hydrogen-bond acceptors (Lipinski definition) is 0. The molecule has 0 nitrogen and oxygen atoms in total. The third-order valence-electron chi connectivity index (χ3n) is 6.99. The zero-order valence-corrected chi connectivity index (χ0v) is 24.2. The van der Waals surface area contributed by atoms with E-state index < -0.39 is 50.6 Å². The Hall–Kier alpha value is -1.98. The van der Waals surface area contributed by atoms with Crippen molar-refractivity contribution in [3.8, 4) is 0 Å². The van der Waals surface area contributed by atoms with Gasteiger partial charge in [0.1, 0.15) is 0 Å². The molecule has 0 heterocycles. The minimum absolute atomic E-state index is 0.464. The maximum atomic E-state index is 15.0. The van der Waals surface area contributed by atoms with Crippen LogP contribution in [-0.4, -0.2) is 12.4 Å². The average Bonchev–Trinajstić information content (AvgIpc) is 2.63. The van der Waals surface area contributed by atoms with Gasteiger partial charge in [0.05, 0.1) is 0 Å². The predicted octanol–water partition coefficient (Wildman–Crippen LogP) is 10.3. The quantitative estimate of drug-likeness (QED) is 0.340. The predicted molar refractivity (Wildman–Crippen MR) is 141 cm³/mol. The Morgan fingerprint density at radius 3 is 0.811 bits per heavy atom. The third-order valence-corrected chi connectivity index (χ3v) is 6.99. The maximum Gasteiger partial charge on any atom is 0.411 e. The lowest BCUT2D eigenvalue weighted by Crippen LogP contribution is -2.55. The van der Waals surface area contributed by atoms with Gasteiger partial charge in [-0.25, -0.2) is 0 Å². The minimum Gasteiger partial charge on any atom is -0.169 e. The monoisotopic (exact) mass is 528 g/mol. The van der Waals surface area contributed by atoms with Gasteiger partial charge in [-0.2, -0.15) is 26.3 Å². The van der Waals surface area contributed by atoms with E-state index in [0.717, 1.165) is 35.4 Å². The molecule has 0 aliphatic carbocycles. The van der Waals surface area contributed by atoms with Crippen LogP contribution in [0.5, 0.6) is 0 Å². The van der Waals surface area contributed by atoms with Gasteiger partial charge in [0, 0.05) is 0 Å². The van der Waals surface area contributed by atoms with Crippen LogP contribution in [0.25, 0.3) is 0 Å². The second kappa shape index (κ2) is 9.05. The van der Waals surface area contributed by atoms with Crippen molar-refractivity contribution in [3.63, 3.8) is 0 Å². The summed E-state index contributed by atoms with van der Waals surface area (Å²) in [6, 6.07) is 7.19. The normalized spacial score (nSPS) is 14.8. The van der Waals surface area contributed by atoms with Gasteiger partial charge in [0.2, 0.25) is 5.41 Å². The van der Waals surface area contributed by atoms with Crippen LogP contribution < -0.4 is 0 Å². The average molecular weight is 529 g/mol. The lowest BCUT2D eigenvalue weighted by Gasteiger charge is -2.41. The van der Waals surface area contributed by atoms with Crippen LogP contribution in [0.2, 0.25) is 0 Å². The van der Waals surface area contributed by atoms with Crippen LogP contribution in [0, 0.1) is 0 Å². The first kappa shape index (κ1) is 31.2. The largest absolute Gasteiger partial charge is 0.411 e. The van der Waals surface area contributed by atoms with Crippen molar-refractivity contribution in [2.45, 2.75) is 123 Å². The van der Waals surface area contributed by atoms with E-state index in [2.05, 4.69) is 0 Å². The first-order valence-electron chi connectivity index (χ1n) is 12.6. The number of hydrogen-bond donors (Lipinski definition) is 0. The van der Waals surface area contributed by atoms with Crippen molar-refractivity contribution < 1.29 is 26.3 Å². The Balaban J connectivity index is 3.17. The van der Waals surface area contributed by atoms with Crippen molar-refractivity contribution in [1.29, 1.82) is 0 Å². The molecule has 0 unspecified atom stereocenters. The second-order valence-electron chi connectivity index (χ2n) is 14.3. The Morgan fingerprint density at radius 1 is 0.378 bits per heavy atom. The van der Waals surface area contributed by atoms with E-state index in [1.807, 2.05) is 41.5 Å². The number of benzene rings is 2. The smallest absolute Gasteiger partial charge is 0.169 e. The molecule has 0 N–H and O–H groups in total. The molecule has 0 aromatic heterocycles. The summed E-state index contributed by atoms with van der Waals surface area (Å²) in [5.74, 6) is 0. The second-order valence-corrected chi connectivity index (χ2v) is 14.3. The third kappa shape index (κ3) is 5.73. The Bertz CT molecular complexity index is 1030. The summed E-state index contributed by atoms with van der Waals surface area (Å²) in [6.07, 6.45) is -11.3. The standard InChI is InChI=1S/C31H42F6/c1-25(2,3)21-15-13-19(17-23(21)27(7,8)9)29(30(32,33)34,31(35,36)37)20-14-16-22(26(4,5)6)24(18-20)28(10,11)12/h13-18H,1-12H3. The van der Waals surface area contributed by atoms with E-state index >= 15 is 26.3 Å². The van der Waals surface area contributed by atoms with E-state index in [-0.39, 0.29) is 0 Å². The molecule has 0 bridgehead atoms. The molecule has 2 aromatic carbocycles. The molecule has 0 amide bonds. The molecule has 0 saturated carbocycles. The summed E-state index contributed by atoms with van der Waals surface area (Å²) < 4.78 is 90.3. The van der Waals surface area contributed by atoms with Crippen molar-refractivity contribution in [1.82, 2.24) is 0 Å². The van der Waals surface area contributed by atoms with Gasteiger partial charge < -0.3 is 0 Å². The zero-order chi connectivity index (χ0) is 29.2. The highest BCUT2D eigenvalue weighted by molar-refractivity contribution is 5.52. The van der Waals surface area contributed by atoms with E-state index in [4.69, 9.17) is 0 Å². The number of halogens is 6. The van der Waals surface area contributed by atoms with Crippen LogP contribution in [-0.2, 0) is 27.1 Å². The Kier molecular flexibility index (Phi) is 7.64. The highest BCUT2D eigenvalue weighted by Gasteiger charge is 2.72. The van der Waals surface area contributed by atoms with Gasteiger partial charge in [-0.05, 0) is 55.0 Å². The molecule has 2 rings (SSSR count). The highest BCUT2D eigenvalue weighted by atomic mass is 19.4. The summed E-state index contributed by atoms with van der Waals surface area (Å²) >= 11 is 0. The highest BCUT2D eigenvalue weighted by Crippen LogP contribution is 2.57. The lowest BCUT2D eigenvalue weighted by molar-refractivity contribution is -0.288. The molecule has 208 valence electrons. The molecule has 6 heteroatoms. The summed E-state index contributed by atoms with van der Waals surface area (Å²) in [5, 5.41) is 0. The van der Waals surface area contributed by atoms with Crippen molar-refractivity contribution in [2.75, 3.05) is 0 Å². The fraction of sp³-hybridized carbons (Fsp3) is 0.613. The van der Waals surface area contributed by atoms with Gasteiger partial charge in [-0.1, -0.05) is 119 Å². The first-order chi connectivity index (χ1) is 16.2. The summed E-state index contributed by atoms with van der Waals surface area (Å²) in [4.78, 5) is 0. The van der Waals surface area contributed by atoms with E-state index in [0.29, 0.717) is 11.1 Å². The van der Waals surface area contributed by atoms with E-state index in [9.17, 15) is 0 Å². The van der Waals surface area contributed by atoms with Crippen LogP contribution in [0.15, 0.2) is 36.4 Å². The van der Waals surface area contributed by atoms with Crippen molar-refractivity contribution >= 4 is 0 Å². The van der Waals surface area contributed by atoms with Gasteiger partial charge in [-0.15, -0.1) is 0 Å². The molecule has 37 heavy (non-hydrogen) atoms. The van der Waals surface area contributed by atoms with Crippen molar-refractivity contribution in [3.05, 3.63) is 69.8 Å². The van der Waals surface area contributed by atoms with E-state index in [1.54, 1.807) is 41.5 Å². The maximum absolute atomic E-state index is 15.0. The lowest BCUT2D eigenvalue weighted by atomic mass is 9.66. The van der Waals surface area contributed by atoms with Crippen LogP contribution in [0.3, 0.4) is 0 Å². The molecule has 0 saturated heterocycles. The van der Waals surface area contributed by atoms with Gasteiger partial charge in [-0.3, -0.25) is 0 Å². The molecule has 0 atom stereocenters. The molecular weight excluding hydrogens is 486 g/mol. The van der Waals surface area contributed by atoms with Gasteiger partial charge in [0.25, 0.3) is 0 Å². The fourth-order valence-corrected chi connectivity index (χ4v) is 5.09. The Labute approximate surface area is 218 Å². The van der Waals surface area contributed by atoms with Crippen LogP contribution in [0.4, 0.5) is 26.3 Å². The van der Waals surface area contributed by atoms with E-state index in [1.165, 1.54) is 12.1 Å². The Morgan fingerprint density at radius 2 is 0.622 bits per heavy atom. The zero-order valence-electron chi connectivity index (χ0n) is 24.2. The van der Waals surface area contributed by atoms with Crippen molar-refractivity contribution in [2.24, 2.45) is 0 Å². The van der Waals surface area contributed by atoms with Gasteiger partial charge >= 0.3 is 12.4 Å². The van der Waals surface area contributed by atoms with Gasteiger partial charge in [0.15, 0.2) is 0 Å². The molecular formula is C31H42F6. The summed E-state index contributed by atoms with van der Waals surface area (Å²) in [5.41, 5.74) is -5.70. The topological polar surface area (TPSA) is 0 Å². The number of alkyl halides is 6. The summed E-state index contributed by atoms with van der Waals surface area (Å²) in [7, 11) is 0. The van der Waals surface area contributed by atoms with Crippen LogP contribution in [0.1, 0.15) is 116 Å². The fourth-order valence-electron chi connectivity index (χ4n) is 5.09. The molecule has 0 aliphatic rings. The first-order valence-corrected chi connectivity index (χ1v) is 12.6. The summed E-state index contributed by atoms with van der Waals surface area (Å²) in [6.45, 7) is 22.2. The van der Waals surface area contributed by atoms with Crippen LogP contribution >= 0.6 is 0 Å². The molecule has 0 aliphatic heterocycles. The molecule has 0 fully saturated rings. The SMILES string of the molecule is CC(C)(C)c1ccc(C(c2ccc(C(C)(C)C)c(C(C)(C)C)c2)(C(F)(F)F)C(F)(F)F)cc1C(C)(C)C. The molecule has 2 aromatic rings. The number of rotatable bonds is 2. The molecule has 0 radical (unpaired) electrons.